The van der Waals surface area contributed by atoms with Crippen LogP contribution in [0.25, 0.3) is 0 Å². The van der Waals surface area contributed by atoms with Gasteiger partial charge in [0.05, 0.1) is 4.92 Å². The Morgan fingerprint density at radius 1 is 1.58 bits per heavy atom. The van der Waals surface area contributed by atoms with E-state index in [4.69, 9.17) is 11.6 Å². The van der Waals surface area contributed by atoms with Crippen LogP contribution in [0, 0.1) is 10.1 Å². The molecule has 0 aromatic heterocycles. The topological polar surface area (TPSA) is 72.2 Å². The number of nitro benzene ring substituents is 1. The van der Waals surface area contributed by atoms with E-state index in [1.807, 2.05) is 13.2 Å². The fourth-order valence-electron chi connectivity index (χ4n) is 1.52. The smallest absolute Gasteiger partial charge is 0.282 e. The van der Waals surface area contributed by atoms with Crippen LogP contribution in [0.4, 0.5) is 5.69 Å². The number of thioether (sulfide) groups is 1. The molecule has 0 heterocycles. The lowest BCUT2D eigenvalue weighted by Gasteiger charge is -2.13. The van der Waals surface area contributed by atoms with Crippen molar-refractivity contribution in [2.45, 2.75) is 19.4 Å². The van der Waals surface area contributed by atoms with E-state index in [1.165, 1.54) is 18.2 Å². The minimum atomic E-state index is -0.586. The fourth-order valence-corrected chi connectivity index (χ4v) is 2.28. The van der Waals surface area contributed by atoms with Gasteiger partial charge in [0.15, 0.2) is 0 Å². The van der Waals surface area contributed by atoms with Crippen LogP contribution in [-0.2, 0) is 0 Å². The van der Waals surface area contributed by atoms with Gasteiger partial charge < -0.3 is 5.32 Å². The number of rotatable bonds is 6. The van der Waals surface area contributed by atoms with Gasteiger partial charge in [-0.3, -0.25) is 14.9 Å². The summed E-state index contributed by atoms with van der Waals surface area (Å²) in [4.78, 5) is 22.3. The molecule has 1 amide bonds. The van der Waals surface area contributed by atoms with E-state index in [-0.39, 0.29) is 17.3 Å². The van der Waals surface area contributed by atoms with Crippen molar-refractivity contribution in [1.82, 2.24) is 5.32 Å². The van der Waals surface area contributed by atoms with E-state index >= 15 is 0 Å². The summed E-state index contributed by atoms with van der Waals surface area (Å²) in [6.07, 6.45) is 2.79. The number of hydrogen-bond acceptors (Lipinski definition) is 4. The largest absolute Gasteiger partial charge is 0.349 e. The Balaban J connectivity index is 2.86. The lowest BCUT2D eigenvalue weighted by atomic mass is 10.1. The van der Waals surface area contributed by atoms with Crippen LogP contribution in [0.2, 0.25) is 5.02 Å². The van der Waals surface area contributed by atoms with Crippen molar-refractivity contribution in [2.75, 3.05) is 12.0 Å². The molecule has 1 N–H and O–H groups in total. The minimum Gasteiger partial charge on any atom is -0.349 e. The highest BCUT2D eigenvalue weighted by Crippen LogP contribution is 2.22. The molecule has 0 fully saturated rings. The second-order valence-corrected chi connectivity index (χ2v) is 5.50. The zero-order valence-corrected chi connectivity index (χ0v) is 12.3. The SMILES string of the molecule is CSCCC(C)NC(=O)c1cc(Cl)ccc1[N+](=O)[O-]. The van der Waals surface area contributed by atoms with E-state index in [9.17, 15) is 14.9 Å². The molecule has 7 heteroatoms. The van der Waals surface area contributed by atoms with E-state index in [1.54, 1.807) is 11.8 Å². The number of carbonyl (C=O) groups excluding carboxylic acids is 1. The first-order chi connectivity index (χ1) is 8.95. The van der Waals surface area contributed by atoms with E-state index in [2.05, 4.69) is 5.32 Å². The highest BCUT2D eigenvalue weighted by Gasteiger charge is 2.21. The van der Waals surface area contributed by atoms with Crippen molar-refractivity contribution >= 4 is 35.0 Å². The van der Waals surface area contributed by atoms with Crippen LogP contribution in [0.5, 0.6) is 0 Å². The van der Waals surface area contributed by atoms with Gasteiger partial charge in [-0.05, 0) is 37.5 Å². The maximum atomic E-state index is 12.0. The quantitative estimate of drug-likeness (QED) is 0.647. The summed E-state index contributed by atoms with van der Waals surface area (Å²) in [5.41, 5.74) is -0.243. The number of halogens is 1. The summed E-state index contributed by atoms with van der Waals surface area (Å²) in [6, 6.07) is 3.91. The summed E-state index contributed by atoms with van der Waals surface area (Å²) in [6.45, 7) is 1.87. The van der Waals surface area contributed by atoms with Crippen molar-refractivity contribution in [3.05, 3.63) is 38.9 Å². The number of carbonyl (C=O) groups is 1. The number of benzene rings is 1. The molecule has 0 saturated heterocycles. The van der Waals surface area contributed by atoms with Gasteiger partial charge in [0, 0.05) is 17.1 Å². The fraction of sp³-hybridized carbons (Fsp3) is 0.417. The predicted octanol–water partition coefficient (Wildman–Crippen LogP) is 3.12. The molecule has 0 spiro atoms. The minimum absolute atomic E-state index is 0.00602. The Labute approximate surface area is 120 Å². The molecule has 1 aromatic carbocycles. The number of hydrogen-bond donors (Lipinski definition) is 1. The monoisotopic (exact) mass is 302 g/mol. The Morgan fingerprint density at radius 2 is 2.26 bits per heavy atom. The van der Waals surface area contributed by atoms with E-state index in [0.717, 1.165) is 12.2 Å². The molecule has 104 valence electrons. The molecule has 0 radical (unpaired) electrons. The Morgan fingerprint density at radius 3 is 2.84 bits per heavy atom. The van der Waals surface area contributed by atoms with Crippen molar-refractivity contribution in [3.8, 4) is 0 Å². The molecule has 1 atom stereocenters. The molecule has 1 rings (SSSR count). The molecule has 0 bridgehead atoms. The highest BCUT2D eigenvalue weighted by atomic mass is 35.5. The number of amides is 1. The normalized spacial score (nSPS) is 11.9. The molecular formula is C12H15ClN2O3S. The third kappa shape index (κ3) is 4.72. The van der Waals surface area contributed by atoms with Crippen molar-refractivity contribution < 1.29 is 9.72 Å². The molecule has 19 heavy (non-hydrogen) atoms. The lowest BCUT2D eigenvalue weighted by molar-refractivity contribution is -0.385. The van der Waals surface area contributed by atoms with Crippen LogP contribution < -0.4 is 5.32 Å². The Kier molecular flexibility index (Phi) is 6.11. The van der Waals surface area contributed by atoms with Gasteiger partial charge in [-0.25, -0.2) is 0 Å². The molecule has 1 aromatic rings. The predicted molar refractivity (Wildman–Crippen MR) is 78.0 cm³/mol. The summed E-state index contributed by atoms with van der Waals surface area (Å²) in [5, 5.41) is 13.9. The van der Waals surface area contributed by atoms with Crippen LogP contribution in [0.1, 0.15) is 23.7 Å². The van der Waals surface area contributed by atoms with Crippen LogP contribution in [0.15, 0.2) is 18.2 Å². The van der Waals surface area contributed by atoms with E-state index < -0.39 is 10.8 Å². The lowest BCUT2D eigenvalue weighted by Crippen LogP contribution is -2.33. The number of nitro groups is 1. The molecule has 1 unspecified atom stereocenters. The highest BCUT2D eigenvalue weighted by molar-refractivity contribution is 7.98. The summed E-state index contributed by atoms with van der Waals surface area (Å²) >= 11 is 7.46. The molecular weight excluding hydrogens is 288 g/mol. The first-order valence-corrected chi connectivity index (χ1v) is 7.46. The third-order valence-corrected chi connectivity index (χ3v) is 3.41. The third-order valence-electron chi connectivity index (χ3n) is 2.53. The second kappa shape index (κ2) is 7.35. The second-order valence-electron chi connectivity index (χ2n) is 4.07. The first kappa shape index (κ1) is 15.8. The average Bonchev–Trinajstić information content (AvgIpc) is 2.35. The molecule has 0 aliphatic rings. The van der Waals surface area contributed by atoms with Crippen LogP contribution in [0.3, 0.4) is 0 Å². The molecule has 0 aliphatic carbocycles. The van der Waals surface area contributed by atoms with Gasteiger partial charge in [-0.1, -0.05) is 11.6 Å². The standard InChI is InChI=1S/C12H15ClN2O3S/c1-8(5-6-19-2)14-12(16)10-7-9(13)3-4-11(10)15(17)18/h3-4,7-8H,5-6H2,1-2H3,(H,14,16). The molecule has 0 aliphatic heterocycles. The van der Waals surface area contributed by atoms with E-state index in [0.29, 0.717) is 5.02 Å². The Hall–Kier alpha value is -1.27. The van der Waals surface area contributed by atoms with Gasteiger partial charge in [-0.2, -0.15) is 11.8 Å². The Bertz CT molecular complexity index is 482. The van der Waals surface area contributed by atoms with Crippen LogP contribution >= 0.6 is 23.4 Å². The van der Waals surface area contributed by atoms with Crippen LogP contribution in [-0.4, -0.2) is 28.9 Å². The zero-order chi connectivity index (χ0) is 14.4. The van der Waals surface area contributed by atoms with Gasteiger partial charge in [0.25, 0.3) is 11.6 Å². The van der Waals surface area contributed by atoms with Gasteiger partial charge in [-0.15, -0.1) is 0 Å². The van der Waals surface area contributed by atoms with Crippen molar-refractivity contribution in [2.24, 2.45) is 0 Å². The van der Waals surface area contributed by atoms with Gasteiger partial charge in [0.1, 0.15) is 5.56 Å². The summed E-state index contributed by atoms with van der Waals surface area (Å²) < 4.78 is 0. The maximum absolute atomic E-state index is 12.0. The maximum Gasteiger partial charge on any atom is 0.282 e. The molecule has 0 saturated carbocycles. The summed E-state index contributed by atoms with van der Waals surface area (Å²) in [7, 11) is 0. The average molecular weight is 303 g/mol. The van der Waals surface area contributed by atoms with Crippen molar-refractivity contribution in [3.63, 3.8) is 0 Å². The van der Waals surface area contributed by atoms with Gasteiger partial charge >= 0.3 is 0 Å². The van der Waals surface area contributed by atoms with Crippen molar-refractivity contribution in [1.29, 1.82) is 0 Å². The number of nitrogens with zero attached hydrogens (tertiary/aromatic N) is 1. The first-order valence-electron chi connectivity index (χ1n) is 5.69. The molecule has 5 nitrogen and oxygen atoms in total. The number of nitrogens with one attached hydrogen (secondary N) is 1. The summed E-state index contributed by atoms with van der Waals surface area (Å²) in [5.74, 6) is 0.446. The van der Waals surface area contributed by atoms with Gasteiger partial charge in [0.2, 0.25) is 0 Å². The zero-order valence-electron chi connectivity index (χ0n) is 10.7.